The Kier molecular flexibility index (Phi) is 10.4. The standard InChI is InChI=1S/C28H30F2N2O5S2/c29-21-6-7-23(30)22(18-21)19-5-8-24(37-15-12-31-10-13-36-14-11-31)20(16-19)17-25-27(35)32(28(38)39-25)9-3-1-2-4-26(33)34/h5-8,16-18H,1-4,9-15H2,(H,33,34). The van der Waals surface area contributed by atoms with Crippen LogP contribution in [0.1, 0.15) is 31.2 Å². The predicted molar refractivity (Wildman–Crippen MR) is 151 cm³/mol. The summed E-state index contributed by atoms with van der Waals surface area (Å²) in [5.41, 5.74) is 1.12. The summed E-state index contributed by atoms with van der Waals surface area (Å²) in [5, 5.41) is 8.79. The lowest BCUT2D eigenvalue weighted by molar-refractivity contribution is -0.137. The number of thioether (sulfide) groups is 1. The first-order valence-corrected chi connectivity index (χ1v) is 14.0. The van der Waals surface area contributed by atoms with Gasteiger partial charge in [-0.05, 0) is 54.8 Å². The van der Waals surface area contributed by atoms with E-state index < -0.39 is 17.6 Å². The molecule has 7 nitrogen and oxygen atoms in total. The number of carbonyl (C=O) groups is 2. The van der Waals surface area contributed by atoms with Crippen molar-refractivity contribution >= 4 is 46.3 Å². The molecule has 2 aromatic carbocycles. The van der Waals surface area contributed by atoms with E-state index in [1.54, 1.807) is 24.3 Å². The summed E-state index contributed by atoms with van der Waals surface area (Å²) in [6.45, 7) is 4.53. The van der Waals surface area contributed by atoms with Crippen LogP contribution in [-0.4, -0.2) is 77.1 Å². The van der Waals surface area contributed by atoms with Crippen molar-refractivity contribution in [3.8, 4) is 16.9 Å². The number of hydrogen-bond donors (Lipinski definition) is 1. The van der Waals surface area contributed by atoms with Gasteiger partial charge in [-0.15, -0.1) is 0 Å². The third-order valence-corrected chi connectivity index (χ3v) is 7.83. The molecule has 0 aliphatic carbocycles. The highest BCUT2D eigenvalue weighted by Crippen LogP contribution is 2.36. The maximum absolute atomic E-state index is 14.5. The largest absolute Gasteiger partial charge is 0.492 e. The average Bonchev–Trinajstić information content (AvgIpc) is 3.18. The molecule has 1 N–H and O–H groups in total. The van der Waals surface area contributed by atoms with E-state index in [1.807, 2.05) is 0 Å². The molecule has 2 aromatic rings. The summed E-state index contributed by atoms with van der Waals surface area (Å²) in [4.78, 5) is 28.0. The lowest BCUT2D eigenvalue weighted by atomic mass is 10.0. The van der Waals surface area contributed by atoms with Crippen molar-refractivity contribution in [1.82, 2.24) is 9.80 Å². The van der Waals surface area contributed by atoms with Gasteiger partial charge in [-0.2, -0.15) is 0 Å². The first kappa shape index (κ1) is 29.1. The van der Waals surface area contributed by atoms with Gasteiger partial charge in [0.2, 0.25) is 0 Å². The molecule has 1 amide bonds. The molecule has 2 aliphatic heterocycles. The van der Waals surface area contributed by atoms with Gasteiger partial charge >= 0.3 is 5.97 Å². The van der Waals surface area contributed by atoms with Gasteiger partial charge in [0.15, 0.2) is 0 Å². The fourth-order valence-corrected chi connectivity index (χ4v) is 5.64. The number of nitrogens with zero attached hydrogens (tertiary/aromatic N) is 2. The van der Waals surface area contributed by atoms with Crippen LogP contribution in [0, 0.1) is 11.6 Å². The Balaban J connectivity index is 1.53. The Morgan fingerprint density at radius 3 is 2.67 bits per heavy atom. The Morgan fingerprint density at radius 1 is 1.10 bits per heavy atom. The van der Waals surface area contributed by atoms with Crippen molar-refractivity contribution in [2.45, 2.75) is 25.7 Å². The van der Waals surface area contributed by atoms with Crippen LogP contribution in [0.5, 0.6) is 5.75 Å². The quantitative estimate of drug-likeness (QED) is 0.210. The Labute approximate surface area is 235 Å². The number of morpholine rings is 1. The van der Waals surface area contributed by atoms with Crippen LogP contribution in [0.25, 0.3) is 17.2 Å². The number of aliphatic carboxylic acids is 1. The van der Waals surface area contributed by atoms with E-state index in [9.17, 15) is 18.4 Å². The van der Waals surface area contributed by atoms with Crippen molar-refractivity contribution in [1.29, 1.82) is 0 Å². The van der Waals surface area contributed by atoms with E-state index in [4.69, 9.17) is 26.8 Å². The highest BCUT2D eigenvalue weighted by atomic mass is 32.2. The third kappa shape index (κ3) is 8.07. The van der Waals surface area contributed by atoms with Crippen LogP contribution in [0.4, 0.5) is 8.78 Å². The number of unbranched alkanes of at least 4 members (excludes halogenated alkanes) is 2. The smallest absolute Gasteiger partial charge is 0.303 e. The number of carboxylic acid groups (broad SMARTS) is 1. The Morgan fingerprint density at radius 2 is 1.90 bits per heavy atom. The van der Waals surface area contributed by atoms with Gasteiger partial charge in [-0.3, -0.25) is 19.4 Å². The molecule has 0 radical (unpaired) electrons. The minimum atomic E-state index is -0.841. The molecule has 0 spiro atoms. The molecule has 11 heteroatoms. The highest BCUT2D eigenvalue weighted by molar-refractivity contribution is 8.26. The number of carboxylic acids is 1. The third-order valence-electron chi connectivity index (χ3n) is 6.45. The Bertz CT molecular complexity index is 1250. The fourth-order valence-electron chi connectivity index (χ4n) is 4.35. The predicted octanol–water partition coefficient (Wildman–Crippen LogP) is 5.19. The lowest BCUT2D eigenvalue weighted by Crippen LogP contribution is -2.38. The highest BCUT2D eigenvalue weighted by Gasteiger charge is 2.31. The number of thiocarbonyl (C=S) groups is 1. The second kappa shape index (κ2) is 14.0. The topological polar surface area (TPSA) is 79.3 Å². The first-order valence-electron chi connectivity index (χ1n) is 12.8. The molecule has 208 valence electrons. The second-order valence-electron chi connectivity index (χ2n) is 9.22. The van der Waals surface area contributed by atoms with Gasteiger partial charge < -0.3 is 14.6 Å². The molecule has 0 unspecified atom stereocenters. The SMILES string of the molecule is O=C(O)CCCCCN1C(=O)C(=Cc2cc(-c3cc(F)ccc3F)ccc2OCCN2CCOCC2)SC1=S. The van der Waals surface area contributed by atoms with Crippen molar-refractivity contribution in [3.63, 3.8) is 0 Å². The van der Waals surface area contributed by atoms with Gasteiger partial charge in [0.25, 0.3) is 5.91 Å². The normalized spacial score (nSPS) is 17.3. The maximum Gasteiger partial charge on any atom is 0.303 e. The molecular weight excluding hydrogens is 546 g/mol. The number of hydrogen-bond acceptors (Lipinski definition) is 7. The summed E-state index contributed by atoms with van der Waals surface area (Å²) in [7, 11) is 0. The van der Waals surface area contributed by atoms with Crippen LogP contribution in [0.2, 0.25) is 0 Å². The number of ether oxygens (including phenoxy) is 2. The molecule has 0 bridgehead atoms. The van der Waals surface area contributed by atoms with Gasteiger partial charge in [-0.25, -0.2) is 8.78 Å². The molecule has 2 heterocycles. The minimum Gasteiger partial charge on any atom is -0.492 e. The summed E-state index contributed by atoms with van der Waals surface area (Å²) in [6, 6.07) is 8.34. The monoisotopic (exact) mass is 576 g/mol. The summed E-state index contributed by atoms with van der Waals surface area (Å²) in [5.74, 6) is -1.68. The van der Waals surface area contributed by atoms with Crippen molar-refractivity contribution in [3.05, 3.63) is 58.5 Å². The minimum absolute atomic E-state index is 0.0921. The summed E-state index contributed by atoms with van der Waals surface area (Å²) >= 11 is 6.61. The first-order chi connectivity index (χ1) is 18.8. The average molecular weight is 577 g/mol. The van der Waals surface area contributed by atoms with E-state index in [0.717, 1.165) is 31.3 Å². The summed E-state index contributed by atoms with van der Waals surface area (Å²) in [6.07, 6.45) is 3.61. The van der Waals surface area contributed by atoms with E-state index in [2.05, 4.69) is 4.90 Å². The van der Waals surface area contributed by atoms with Crippen molar-refractivity contribution in [2.24, 2.45) is 0 Å². The fraction of sp³-hybridized carbons (Fsp3) is 0.393. The van der Waals surface area contributed by atoms with E-state index in [1.165, 1.54) is 16.7 Å². The molecule has 2 aliphatic rings. The number of carbonyl (C=O) groups excluding carboxylic acids is 1. The van der Waals surface area contributed by atoms with Crippen LogP contribution in [0.15, 0.2) is 41.3 Å². The summed E-state index contributed by atoms with van der Waals surface area (Å²) < 4.78 is 40.3. The zero-order valence-electron chi connectivity index (χ0n) is 21.4. The van der Waals surface area contributed by atoms with E-state index in [0.29, 0.717) is 78.3 Å². The zero-order chi connectivity index (χ0) is 27.8. The number of halogens is 2. The van der Waals surface area contributed by atoms with Crippen molar-refractivity contribution < 1.29 is 33.0 Å². The molecular formula is C28H30F2N2O5S2. The molecule has 39 heavy (non-hydrogen) atoms. The zero-order valence-corrected chi connectivity index (χ0v) is 23.0. The molecule has 0 saturated carbocycles. The van der Waals surface area contributed by atoms with Gasteiger partial charge in [-0.1, -0.05) is 36.5 Å². The van der Waals surface area contributed by atoms with Gasteiger partial charge in [0.1, 0.15) is 28.3 Å². The number of amides is 1. The molecule has 0 aromatic heterocycles. The molecule has 2 fully saturated rings. The van der Waals surface area contributed by atoms with Crippen LogP contribution in [-0.2, 0) is 14.3 Å². The maximum atomic E-state index is 14.5. The van der Waals surface area contributed by atoms with E-state index >= 15 is 0 Å². The van der Waals surface area contributed by atoms with E-state index in [-0.39, 0.29) is 17.9 Å². The van der Waals surface area contributed by atoms with Crippen LogP contribution >= 0.6 is 24.0 Å². The lowest BCUT2D eigenvalue weighted by Gasteiger charge is -2.26. The second-order valence-corrected chi connectivity index (χ2v) is 10.9. The number of rotatable bonds is 12. The van der Waals surface area contributed by atoms with Gasteiger partial charge in [0, 0.05) is 43.7 Å². The van der Waals surface area contributed by atoms with Crippen LogP contribution in [0.3, 0.4) is 0 Å². The Hall–Kier alpha value is -2.86. The molecule has 4 rings (SSSR count). The molecule has 2 saturated heterocycles. The van der Waals surface area contributed by atoms with Crippen LogP contribution < -0.4 is 4.74 Å². The van der Waals surface area contributed by atoms with Gasteiger partial charge in [0.05, 0.1) is 18.1 Å². The molecule has 0 atom stereocenters. The van der Waals surface area contributed by atoms with Crippen molar-refractivity contribution in [2.75, 3.05) is 46.0 Å². The number of benzene rings is 2.